The molecule has 0 fully saturated rings. The quantitative estimate of drug-likeness (QED) is 0.276. The van der Waals surface area contributed by atoms with E-state index in [4.69, 9.17) is 0 Å². The highest BCUT2D eigenvalue weighted by molar-refractivity contribution is 5.99. The van der Waals surface area contributed by atoms with Crippen molar-refractivity contribution in [3.05, 3.63) is 74.3 Å². The van der Waals surface area contributed by atoms with Crippen LogP contribution in [0.15, 0.2) is 52.3 Å². The molecule has 0 saturated carbocycles. The van der Waals surface area contributed by atoms with E-state index in [0.29, 0.717) is 0 Å². The fraction of sp³-hybridized carbons (Fsp3) is 0.292. The monoisotopic (exact) mass is 465 g/mol. The summed E-state index contributed by atoms with van der Waals surface area (Å²) in [6, 6.07) is 7.26. The van der Waals surface area contributed by atoms with Gasteiger partial charge in [0.05, 0.1) is 11.3 Å². The van der Waals surface area contributed by atoms with Crippen LogP contribution in [0.3, 0.4) is 0 Å². The van der Waals surface area contributed by atoms with Gasteiger partial charge in [0.15, 0.2) is 5.75 Å². The number of nitrogens with zero attached hydrogens (tertiary/aromatic N) is 2. The number of phenolic OH excluding ortho intramolecular Hbond substituents is 1. The maximum absolute atomic E-state index is 12.8. The van der Waals surface area contributed by atoms with Gasteiger partial charge in [0.25, 0.3) is 16.8 Å². The molecule has 1 atom stereocenters. The van der Waals surface area contributed by atoms with E-state index in [9.17, 15) is 24.3 Å². The lowest BCUT2D eigenvalue weighted by molar-refractivity contribution is -0.122. The van der Waals surface area contributed by atoms with E-state index in [1.807, 2.05) is 19.9 Å². The van der Waals surface area contributed by atoms with Crippen LogP contribution in [0.25, 0.3) is 0 Å². The number of para-hydroxylation sites is 1. The highest BCUT2D eigenvalue weighted by Crippen LogP contribution is 2.32. The third kappa shape index (κ3) is 5.06. The number of nitrogens with one attached hydrogen (secondary N) is 3. The molecule has 3 aromatic rings. The fourth-order valence-corrected chi connectivity index (χ4v) is 3.33. The summed E-state index contributed by atoms with van der Waals surface area (Å²) in [6.45, 7) is 3.87. The number of amides is 2. The number of pyridine rings is 1. The van der Waals surface area contributed by atoms with Crippen LogP contribution in [0.2, 0.25) is 0 Å². The molecule has 0 bridgehead atoms. The maximum Gasteiger partial charge on any atom is 0.257 e. The molecule has 3 rings (SSSR count). The van der Waals surface area contributed by atoms with E-state index in [0.717, 1.165) is 5.56 Å². The summed E-state index contributed by atoms with van der Waals surface area (Å²) in [5.41, 5.74) is -0.748. The van der Waals surface area contributed by atoms with E-state index in [2.05, 4.69) is 20.9 Å². The zero-order valence-corrected chi connectivity index (χ0v) is 19.4. The average Bonchev–Trinajstić information content (AvgIpc) is 2.82. The SMILES string of the molecule is CC(C)[C@@H](Nc1c(Nc2cccc(C(=O)N(C)C)c2O)c(=O)c1=O)C(=O)NCc1cccnc1. The minimum Gasteiger partial charge on any atom is -0.505 e. The molecule has 4 N–H and O–H groups in total. The summed E-state index contributed by atoms with van der Waals surface area (Å²) in [5.74, 6) is -1.33. The van der Waals surface area contributed by atoms with Gasteiger partial charge in [-0.1, -0.05) is 26.0 Å². The Morgan fingerprint density at radius 1 is 1.06 bits per heavy atom. The van der Waals surface area contributed by atoms with Crippen LogP contribution in [-0.2, 0) is 11.3 Å². The van der Waals surface area contributed by atoms with Gasteiger partial charge in [0.2, 0.25) is 5.91 Å². The molecular formula is C24H27N5O5. The van der Waals surface area contributed by atoms with Gasteiger partial charge in [-0.15, -0.1) is 0 Å². The van der Waals surface area contributed by atoms with Gasteiger partial charge < -0.3 is 26.0 Å². The molecule has 10 nitrogen and oxygen atoms in total. The first kappa shape index (κ1) is 24.4. The first-order chi connectivity index (χ1) is 16.1. The fourth-order valence-electron chi connectivity index (χ4n) is 3.33. The normalized spacial score (nSPS) is 11.8. The van der Waals surface area contributed by atoms with E-state index in [1.54, 1.807) is 38.6 Å². The predicted octanol–water partition coefficient (Wildman–Crippen LogP) is 1.58. The van der Waals surface area contributed by atoms with E-state index < -0.39 is 22.8 Å². The number of hydrogen-bond donors (Lipinski definition) is 4. The Balaban J connectivity index is 1.81. The van der Waals surface area contributed by atoms with Gasteiger partial charge in [-0.05, 0) is 29.7 Å². The zero-order chi connectivity index (χ0) is 25.0. The van der Waals surface area contributed by atoms with Gasteiger partial charge in [0, 0.05) is 33.0 Å². The van der Waals surface area contributed by atoms with E-state index >= 15 is 0 Å². The van der Waals surface area contributed by atoms with Crippen LogP contribution < -0.4 is 26.8 Å². The molecular weight excluding hydrogens is 438 g/mol. The molecule has 0 saturated heterocycles. The summed E-state index contributed by atoms with van der Waals surface area (Å²) >= 11 is 0. The lowest BCUT2D eigenvalue weighted by Gasteiger charge is -2.25. The molecule has 0 unspecified atom stereocenters. The largest absolute Gasteiger partial charge is 0.505 e. The predicted molar refractivity (Wildman–Crippen MR) is 129 cm³/mol. The number of rotatable bonds is 9. The third-order valence-electron chi connectivity index (χ3n) is 5.28. The topological polar surface area (TPSA) is 141 Å². The lowest BCUT2D eigenvalue weighted by Crippen LogP contribution is -2.47. The van der Waals surface area contributed by atoms with E-state index in [1.165, 1.54) is 17.0 Å². The molecule has 1 heterocycles. The van der Waals surface area contributed by atoms with Crippen molar-refractivity contribution in [2.75, 3.05) is 24.7 Å². The summed E-state index contributed by atoms with van der Waals surface area (Å²) in [4.78, 5) is 55.0. The maximum atomic E-state index is 12.8. The molecule has 2 aromatic carbocycles. The number of carbonyl (C=O) groups is 2. The Kier molecular flexibility index (Phi) is 7.30. The standard InChI is InChI=1S/C24H27N5O5/c1-13(2)17(23(33)26-12-14-7-6-10-25-11-14)28-19-18(21(31)22(19)32)27-16-9-5-8-15(20(16)30)24(34)29(3)4/h5-11,13,17,27-28,30H,12H2,1-4H3,(H,26,33)/t17-/m1/s1. The van der Waals surface area contributed by atoms with Crippen molar-refractivity contribution >= 4 is 28.9 Å². The van der Waals surface area contributed by atoms with Crippen molar-refractivity contribution in [3.8, 4) is 5.75 Å². The molecule has 10 heteroatoms. The molecule has 34 heavy (non-hydrogen) atoms. The van der Waals surface area contributed by atoms with Crippen LogP contribution in [0.1, 0.15) is 29.8 Å². The molecule has 2 amide bonds. The number of benzene rings is 1. The Morgan fingerprint density at radius 3 is 2.38 bits per heavy atom. The Morgan fingerprint density at radius 2 is 1.76 bits per heavy atom. The van der Waals surface area contributed by atoms with Crippen molar-refractivity contribution < 1.29 is 14.7 Å². The van der Waals surface area contributed by atoms with Crippen LogP contribution in [0.5, 0.6) is 5.75 Å². The highest BCUT2D eigenvalue weighted by atomic mass is 16.3. The van der Waals surface area contributed by atoms with Crippen molar-refractivity contribution in [1.82, 2.24) is 15.2 Å². The second kappa shape index (κ2) is 10.2. The van der Waals surface area contributed by atoms with Crippen LogP contribution in [-0.4, -0.2) is 46.9 Å². The number of carbonyl (C=O) groups excluding carboxylic acids is 2. The van der Waals surface area contributed by atoms with Crippen LogP contribution in [0.4, 0.5) is 17.1 Å². The smallest absolute Gasteiger partial charge is 0.257 e. The number of aromatic hydroxyl groups is 1. The second-order valence-electron chi connectivity index (χ2n) is 8.38. The number of aromatic nitrogens is 1. The molecule has 1 aromatic heterocycles. The summed E-state index contributed by atoms with van der Waals surface area (Å²) in [5, 5.41) is 18.9. The Bertz CT molecular complexity index is 1260. The van der Waals surface area contributed by atoms with Gasteiger partial charge in [-0.25, -0.2) is 0 Å². The minimum atomic E-state index is -0.796. The second-order valence-corrected chi connectivity index (χ2v) is 8.38. The average molecular weight is 466 g/mol. The van der Waals surface area contributed by atoms with Crippen molar-refractivity contribution in [2.24, 2.45) is 5.92 Å². The molecule has 0 aliphatic rings. The Labute approximate surface area is 196 Å². The van der Waals surface area contributed by atoms with Crippen LogP contribution in [0, 0.1) is 5.92 Å². The zero-order valence-electron chi connectivity index (χ0n) is 19.4. The molecule has 0 radical (unpaired) electrons. The summed E-state index contributed by atoms with van der Waals surface area (Å²) < 4.78 is 0. The summed E-state index contributed by atoms with van der Waals surface area (Å²) in [7, 11) is 3.10. The molecule has 0 aliphatic heterocycles. The molecule has 0 spiro atoms. The van der Waals surface area contributed by atoms with Gasteiger partial charge in [0.1, 0.15) is 17.4 Å². The highest BCUT2D eigenvalue weighted by Gasteiger charge is 2.29. The van der Waals surface area contributed by atoms with Crippen molar-refractivity contribution in [2.45, 2.75) is 26.4 Å². The first-order valence-corrected chi connectivity index (χ1v) is 10.7. The number of phenols is 1. The van der Waals surface area contributed by atoms with Gasteiger partial charge in [-0.2, -0.15) is 0 Å². The Hall–Kier alpha value is -4.21. The van der Waals surface area contributed by atoms with Crippen molar-refractivity contribution in [3.63, 3.8) is 0 Å². The first-order valence-electron chi connectivity index (χ1n) is 10.7. The van der Waals surface area contributed by atoms with Crippen molar-refractivity contribution in [1.29, 1.82) is 0 Å². The number of hydrogen-bond acceptors (Lipinski definition) is 8. The van der Waals surface area contributed by atoms with Gasteiger partial charge in [-0.3, -0.25) is 24.2 Å². The van der Waals surface area contributed by atoms with Crippen LogP contribution >= 0.6 is 0 Å². The molecule has 0 aliphatic carbocycles. The third-order valence-corrected chi connectivity index (χ3v) is 5.28. The van der Waals surface area contributed by atoms with Gasteiger partial charge >= 0.3 is 0 Å². The summed E-state index contributed by atoms with van der Waals surface area (Å²) in [6.07, 6.45) is 3.27. The number of anilines is 3. The lowest BCUT2D eigenvalue weighted by atomic mass is 10.0. The van der Waals surface area contributed by atoms with E-state index in [-0.39, 0.29) is 46.7 Å². The minimum absolute atomic E-state index is 0.0399. The molecule has 178 valence electrons.